The molecule has 2 atom stereocenters. The van der Waals surface area contributed by atoms with Gasteiger partial charge in [-0.25, -0.2) is 0 Å². The molecule has 0 spiro atoms. The molecular weight excluding hydrogens is 250 g/mol. The zero-order valence-electron chi connectivity index (χ0n) is 11.4. The van der Waals surface area contributed by atoms with Gasteiger partial charge in [-0.3, -0.25) is 14.5 Å². The number of carboxylic acids is 1. The molecule has 19 heavy (non-hydrogen) atoms. The fourth-order valence-corrected chi connectivity index (χ4v) is 2.22. The van der Waals surface area contributed by atoms with Gasteiger partial charge in [-0.05, 0) is 6.42 Å². The Morgan fingerprint density at radius 1 is 1.32 bits per heavy atom. The molecule has 1 aliphatic rings. The van der Waals surface area contributed by atoms with E-state index in [-0.39, 0.29) is 25.5 Å². The molecule has 0 aliphatic carbocycles. The molecule has 110 valence electrons. The van der Waals surface area contributed by atoms with Gasteiger partial charge in [0.2, 0.25) is 0 Å². The number of aliphatic hydroxyl groups excluding tert-OH is 1. The minimum Gasteiger partial charge on any atom is -0.480 e. The van der Waals surface area contributed by atoms with Gasteiger partial charge in [0.15, 0.2) is 0 Å². The largest absolute Gasteiger partial charge is 0.480 e. The molecular formula is C13H23NO5. The Morgan fingerprint density at radius 2 is 2.05 bits per heavy atom. The van der Waals surface area contributed by atoms with Crippen LogP contribution in [0.3, 0.4) is 0 Å². The van der Waals surface area contributed by atoms with Crippen LogP contribution in [0, 0.1) is 5.92 Å². The summed E-state index contributed by atoms with van der Waals surface area (Å²) in [5, 5.41) is 18.3. The molecule has 0 aromatic rings. The topological polar surface area (TPSA) is 87.1 Å². The number of aliphatic hydroxyl groups is 1. The van der Waals surface area contributed by atoms with Crippen LogP contribution in [0.2, 0.25) is 0 Å². The Balaban J connectivity index is 2.25. The Labute approximate surface area is 113 Å². The van der Waals surface area contributed by atoms with Crippen LogP contribution in [0.1, 0.15) is 39.0 Å². The summed E-state index contributed by atoms with van der Waals surface area (Å²) < 4.78 is 5.15. The summed E-state index contributed by atoms with van der Waals surface area (Å²) in [6.07, 6.45) is 3.55. The van der Waals surface area contributed by atoms with Gasteiger partial charge < -0.3 is 14.9 Å². The molecule has 2 N–H and O–H groups in total. The molecule has 1 heterocycles. The third-order valence-electron chi connectivity index (χ3n) is 3.29. The number of esters is 1. The van der Waals surface area contributed by atoms with Crippen LogP contribution in [0.4, 0.5) is 0 Å². The average Bonchev–Trinajstić information content (AvgIpc) is 2.70. The van der Waals surface area contributed by atoms with Crippen LogP contribution < -0.4 is 0 Å². The molecule has 1 aliphatic heterocycles. The lowest BCUT2D eigenvalue weighted by Gasteiger charge is -2.16. The number of rotatable bonds is 8. The maximum atomic E-state index is 11.7. The zero-order chi connectivity index (χ0) is 14.3. The minimum absolute atomic E-state index is 0.249. The molecule has 2 unspecified atom stereocenters. The van der Waals surface area contributed by atoms with Crippen molar-refractivity contribution in [1.29, 1.82) is 0 Å². The number of carbonyl (C=O) groups is 2. The Kier molecular flexibility index (Phi) is 6.80. The number of nitrogens with zero attached hydrogens (tertiary/aromatic N) is 1. The highest BCUT2D eigenvalue weighted by atomic mass is 16.5. The molecule has 0 radical (unpaired) electrons. The van der Waals surface area contributed by atoms with Crippen molar-refractivity contribution in [3.05, 3.63) is 0 Å². The SMILES string of the molecule is CCCCCCOC(=O)C1CC(O)N(CC(=O)O)C1. The highest BCUT2D eigenvalue weighted by Gasteiger charge is 2.36. The molecule has 0 bridgehead atoms. The van der Waals surface area contributed by atoms with E-state index in [9.17, 15) is 14.7 Å². The second-order valence-corrected chi connectivity index (χ2v) is 4.96. The van der Waals surface area contributed by atoms with Crippen LogP contribution in [-0.4, -0.2) is 53.0 Å². The number of hydrogen-bond donors (Lipinski definition) is 2. The zero-order valence-corrected chi connectivity index (χ0v) is 11.4. The maximum absolute atomic E-state index is 11.7. The molecule has 1 rings (SSSR count). The summed E-state index contributed by atoms with van der Waals surface area (Å²) in [7, 11) is 0. The van der Waals surface area contributed by atoms with Gasteiger partial charge in [-0.15, -0.1) is 0 Å². The van der Waals surface area contributed by atoms with Crippen molar-refractivity contribution in [3.63, 3.8) is 0 Å². The van der Waals surface area contributed by atoms with Crippen molar-refractivity contribution in [2.75, 3.05) is 19.7 Å². The van der Waals surface area contributed by atoms with Crippen molar-refractivity contribution < 1.29 is 24.5 Å². The standard InChI is InChI=1S/C13H23NO5/c1-2-3-4-5-6-19-13(18)10-7-11(15)14(8-10)9-12(16)17/h10-11,15H,2-9H2,1H3,(H,16,17). The normalized spacial score (nSPS) is 23.5. The molecule has 0 aromatic heterocycles. The quantitative estimate of drug-likeness (QED) is 0.503. The summed E-state index contributed by atoms with van der Waals surface area (Å²) in [4.78, 5) is 23.7. The molecule has 0 aromatic carbocycles. The fourth-order valence-electron chi connectivity index (χ4n) is 2.22. The molecule has 0 amide bonds. The van der Waals surface area contributed by atoms with Crippen LogP contribution in [0.25, 0.3) is 0 Å². The van der Waals surface area contributed by atoms with E-state index in [2.05, 4.69) is 6.92 Å². The highest BCUT2D eigenvalue weighted by Crippen LogP contribution is 2.22. The lowest BCUT2D eigenvalue weighted by atomic mass is 10.1. The Hall–Kier alpha value is -1.14. The van der Waals surface area contributed by atoms with Crippen LogP contribution in [-0.2, 0) is 14.3 Å². The van der Waals surface area contributed by atoms with E-state index in [1.54, 1.807) is 0 Å². The summed E-state index contributed by atoms with van der Waals surface area (Å²) in [5.74, 6) is -1.75. The lowest BCUT2D eigenvalue weighted by Crippen LogP contribution is -2.34. The van der Waals surface area contributed by atoms with Crippen molar-refractivity contribution in [2.24, 2.45) is 5.92 Å². The van der Waals surface area contributed by atoms with Crippen molar-refractivity contribution in [1.82, 2.24) is 4.90 Å². The smallest absolute Gasteiger partial charge is 0.317 e. The van der Waals surface area contributed by atoms with E-state index < -0.39 is 18.1 Å². The second-order valence-electron chi connectivity index (χ2n) is 4.96. The van der Waals surface area contributed by atoms with Gasteiger partial charge >= 0.3 is 11.9 Å². The van der Waals surface area contributed by atoms with E-state index in [4.69, 9.17) is 9.84 Å². The number of aliphatic carboxylic acids is 1. The fraction of sp³-hybridized carbons (Fsp3) is 0.846. The van der Waals surface area contributed by atoms with Crippen LogP contribution in [0.5, 0.6) is 0 Å². The predicted octanol–water partition coefficient (Wildman–Crippen LogP) is 0.835. The van der Waals surface area contributed by atoms with E-state index in [0.717, 1.165) is 25.7 Å². The Bertz CT molecular complexity index is 307. The third-order valence-corrected chi connectivity index (χ3v) is 3.29. The number of carboxylic acid groups (broad SMARTS) is 1. The van der Waals surface area contributed by atoms with Gasteiger partial charge in [0.05, 0.1) is 19.1 Å². The van der Waals surface area contributed by atoms with Crippen molar-refractivity contribution in [2.45, 2.75) is 45.3 Å². The molecule has 6 nitrogen and oxygen atoms in total. The molecule has 6 heteroatoms. The first kappa shape index (κ1) is 15.9. The van der Waals surface area contributed by atoms with Gasteiger partial charge in [-0.1, -0.05) is 26.2 Å². The van der Waals surface area contributed by atoms with E-state index in [1.807, 2.05) is 0 Å². The third kappa shape index (κ3) is 5.57. The summed E-state index contributed by atoms with van der Waals surface area (Å²) >= 11 is 0. The Morgan fingerprint density at radius 3 is 2.68 bits per heavy atom. The summed E-state index contributed by atoms with van der Waals surface area (Å²) in [6.45, 7) is 2.52. The molecule has 1 fully saturated rings. The second kappa shape index (κ2) is 8.12. The number of likely N-dealkylation sites (tertiary alicyclic amines) is 1. The first-order chi connectivity index (χ1) is 9.04. The summed E-state index contributed by atoms with van der Waals surface area (Å²) in [6, 6.07) is 0. The number of carbonyl (C=O) groups excluding carboxylic acids is 1. The van der Waals surface area contributed by atoms with E-state index in [0.29, 0.717) is 6.61 Å². The minimum atomic E-state index is -1.01. The van der Waals surface area contributed by atoms with Gasteiger partial charge in [-0.2, -0.15) is 0 Å². The average molecular weight is 273 g/mol. The maximum Gasteiger partial charge on any atom is 0.317 e. The first-order valence-electron chi connectivity index (χ1n) is 6.85. The number of unbranched alkanes of at least 4 members (excludes halogenated alkanes) is 3. The number of ether oxygens (including phenoxy) is 1. The van der Waals surface area contributed by atoms with E-state index >= 15 is 0 Å². The van der Waals surface area contributed by atoms with Crippen LogP contribution >= 0.6 is 0 Å². The first-order valence-corrected chi connectivity index (χ1v) is 6.85. The molecule has 0 saturated carbocycles. The van der Waals surface area contributed by atoms with Gasteiger partial charge in [0.1, 0.15) is 6.23 Å². The molecule has 1 saturated heterocycles. The number of hydrogen-bond acceptors (Lipinski definition) is 5. The predicted molar refractivity (Wildman–Crippen MR) is 68.4 cm³/mol. The van der Waals surface area contributed by atoms with Crippen LogP contribution in [0.15, 0.2) is 0 Å². The van der Waals surface area contributed by atoms with E-state index in [1.165, 1.54) is 4.90 Å². The van der Waals surface area contributed by atoms with Crippen molar-refractivity contribution in [3.8, 4) is 0 Å². The van der Waals surface area contributed by atoms with Gasteiger partial charge in [0, 0.05) is 13.0 Å². The summed E-state index contributed by atoms with van der Waals surface area (Å²) in [5.41, 5.74) is 0. The lowest BCUT2D eigenvalue weighted by molar-refractivity contribution is -0.148. The monoisotopic (exact) mass is 273 g/mol. The highest BCUT2D eigenvalue weighted by molar-refractivity contribution is 5.74. The van der Waals surface area contributed by atoms with Gasteiger partial charge in [0.25, 0.3) is 0 Å². The van der Waals surface area contributed by atoms with Crippen molar-refractivity contribution >= 4 is 11.9 Å².